The van der Waals surface area contributed by atoms with Crippen LogP contribution in [0.2, 0.25) is 5.02 Å². The van der Waals surface area contributed by atoms with Crippen LogP contribution in [0.25, 0.3) is 0 Å². The van der Waals surface area contributed by atoms with Crippen molar-refractivity contribution in [1.82, 2.24) is 10.2 Å². The minimum absolute atomic E-state index is 0.0171. The van der Waals surface area contributed by atoms with Gasteiger partial charge in [0.05, 0.1) is 10.7 Å². The van der Waals surface area contributed by atoms with Gasteiger partial charge in [0.2, 0.25) is 5.91 Å². The van der Waals surface area contributed by atoms with Crippen molar-refractivity contribution in [1.29, 1.82) is 0 Å². The van der Waals surface area contributed by atoms with Gasteiger partial charge in [-0.25, -0.2) is 0 Å². The Labute approximate surface area is 130 Å². The van der Waals surface area contributed by atoms with Gasteiger partial charge in [0.15, 0.2) is 0 Å². The highest BCUT2D eigenvalue weighted by molar-refractivity contribution is 6.33. The highest BCUT2D eigenvalue weighted by atomic mass is 35.5. The van der Waals surface area contributed by atoms with Gasteiger partial charge in [-0.1, -0.05) is 18.5 Å². The lowest BCUT2D eigenvalue weighted by Gasteiger charge is -2.36. The van der Waals surface area contributed by atoms with E-state index in [0.717, 1.165) is 54.7 Å². The van der Waals surface area contributed by atoms with Crippen LogP contribution in [-0.2, 0) is 4.79 Å². The summed E-state index contributed by atoms with van der Waals surface area (Å²) >= 11 is 6.46. The van der Waals surface area contributed by atoms with Crippen LogP contribution in [0.5, 0.6) is 0 Å². The number of carbonyl (C=O) groups excluding carboxylic acids is 1. The van der Waals surface area contributed by atoms with E-state index in [2.05, 4.69) is 27.4 Å². The molecule has 1 amide bonds. The molecule has 0 bridgehead atoms. The van der Waals surface area contributed by atoms with Crippen LogP contribution in [-0.4, -0.2) is 50.6 Å². The van der Waals surface area contributed by atoms with E-state index in [9.17, 15) is 4.79 Å². The normalized spacial score (nSPS) is 22.3. The first kappa shape index (κ1) is 14.6. The first-order valence-electron chi connectivity index (χ1n) is 7.43. The van der Waals surface area contributed by atoms with E-state index in [1.807, 2.05) is 12.1 Å². The number of hydrogen-bond acceptors (Lipinski definition) is 4. The summed E-state index contributed by atoms with van der Waals surface area (Å²) < 4.78 is 0. The zero-order valence-electron chi connectivity index (χ0n) is 12.4. The Hall–Kier alpha value is -1.30. The van der Waals surface area contributed by atoms with Crippen LogP contribution in [0.1, 0.15) is 18.5 Å². The lowest BCUT2D eigenvalue weighted by atomic mass is 10.1. The number of piperazine rings is 1. The molecule has 2 N–H and O–H groups in total. The molecule has 0 saturated carbocycles. The molecule has 2 heterocycles. The molecule has 1 unspecified atom stereocenters. The Morgan fingerprint density at radius 2 is 2.05 bits per heavy atom. The van der Waals surface area contributed by atoms with Crippen molar-refractivity contribution in [3.63, 3.8) is 0 Å². The Bertz CT molecular complexity index is 555. The van der Waals surface area contributed by atoms with Gasteiger partial charge in [0.1, 0.15) is 6.04 Å². The molecule has 2 aliphatic rings. The predicted molar refractivity (Wildman–Crippen MR) is 86.2 cm³/mol. The molecular formula is C15H21ClN4O. The highest BCUT2D eigenvalue weighted by Crippen LogP contribution is 2.39. The topological polar surface area (TPSA) is 47.6 Å². The SMILES string of the molecule is CCN1CCN(c2cc3c(cc2Cl)C(NC)C(=O)N3)CC1. The summed E-state index contributed by atoms with van der Waals surface area (Å²) in [7, 11) is 1.78. The number of fused-ring (bicyclic) bond motifs is 1. The fourth-order valence-electron chi connectivity index (χ4n) is 3.10. The molecule has 1 saturated heterocycles. The molecule has 0 spiro atoms. The summed E-state index contributed by atoms with van der Waals surface area (Å²) in [5, 5.41) is 6.66. The molecule has 0 aromatic heterocycles. The van der Waals surface area contributed by atoms with Gasteiger partial charge in [0.25, 0.3) is 0 Å². The Morgan fingerprint density at radius 3 is 2.67 bits per heavy atom. The second-order valence-corrected chi connectivity index (χ2v) is 5.93. The Balaban J connectivity index is 1.86. The fourth-order valence-corrected chi connectivity index (χ4v) is 3.40. The molecular weight excluding hydrogens is 288 g/mol. The van der Waals surface area contributed by atoms with Crippen LogP contribution < -0.4 is 15.5 Å². The average molecular weight is 309 g/mol. The summed E-state index contributed by atoms with van der Waals surface area (Å²) in [4.78, 5) is 16.6. The second kappa shape index (κ2) is 5.83. The van der Waals surface area contributed by atoms with Crippen molar-refractivity contribution in [3.8, 4) is 0 Å². The molecule has 21 heavy (non-hydrogen) atoms. The molecule has 6 heteroatoms. The van der Waals surface area contributed by atoms with Crippen molar-refractivity contribution in [2.45, 2.75) is 13.0 Å². The van der Waals surface area contributed by atoms with Crippen LogP contribution in [0.15, 0.2) is 12.1 Å². The Kier molecular flexibility index (Phi) is 4.06. The van der Waals surface area contributed by atoms with Gasteiger partial charge in [-0.05, 0) is 25.7 Å². The number of halogens is 1. The lowest BCUT2D eigenvalue weighted by molar-refractivity contribution is -0.117. The van der Waals surface area contributed by atoms with Crippen LogP contribution in [0, 0.1) is 0 Å². The molecule has 1 aromatic carbocycles. The summed E-state index contributed by atoms with van der Waals surface area (Å²) in [5.74, 6) is -0.0171. The second-order valence-electron chi connectivity index (χ2n) is 5.52. The van der Waals surface area contributed by atoms with Gasteiger partial charge in [0, 0.05) is 37.4 Å². The average Bonchev–Trinajstić information content (AvgIpc) is 2.81. The number of amides is 1. The van der Waals surface area contributed by atoms with Crippen molar-refractivity contribution in [3.05, 3.63) is 22.7 Å². The van der Waals surface area contributed by atoms with Crippen LogP contribution >= 0.6 is 11.6 Å². The van der Waals surface area contributed by atoms with Crippen molar-refractivity contribution in [2.75, 3.05) is 50.0 Å². The van der Waals surface area contributed by atoms with E-state index in [4.69, 9.17) is 11.6 Å². The van der Waals surface area contributed by atoms with E-state index in [1.165, 1.54) is 0 Å². The van der Waals surface area contributed by atoms with Gasteiger partial charge < -0.3 is 20.4 Å². The third-order valence-electron chi connectivity index (χ3n) is 4.40. The van der Waals surface area contributed by atoms with E-state index in [1.54, 1.807) is 7.05 Å². The zero-order valence-corrected chi connectivity index (χ0v) is 13.2. The largest absolute Gasteiger partial charge is 0.368 e. The van der Waals surface area contributed by atoms with E-state index < -0.39 is 0 Å². The predicted octanol–water partition coefficient (Wildman–Crippen LogP) is 1.69. The number of carbonyl (C=O) groups is 1. The summed E-state index contributed by atoms with van der Waals surface area (Å²) in [6.07, 6.45) is 0. The number of benzene rings is 1. The van der Waals surface area contributed by atoms with Gasteiger partial charge in [-0.15, -0.1) is 0 Å². The maximum Gasteiger partial charge on any atom is 0.246 e. The lowest BCUT2D eigenvalue weighted by Crippen LogP contribution is -2.46. The van der Waals surface area contributed by atoms with Crippen molar-refractivity contribution in [2.24, 2.45) is 0 Å². The molecule has 1 fully saturated rings. The Morgan fingerprint density at radius 1 is 1.33 bits per heavy atom. The minimum atomic E-state index is -0.302. The van der Waals surface area contributed by atoms with Gasteiger partial charge in [-0.2, -0.15) is 0 Å². The maximum absolute atomic E-state index is 11.9. The highest BCUT2D eigenvalue weighted by Gasteiger charge is 2.31. The number of anilines is 2. The molecule has 1 atom stereocenters. The smallest absolute Gasteiger partial charge is 0.246 e. The molecule has 3 rings (SSSR count). The standard InChI is InChI=1S/C15H21ClN4O/c1-3-19-4-6-20(7-5-19)13-9-12-10(8-11(13)16)14(17-2)15(21)18-12/h8-9,14,17H,3-7H2,1-2H3,(H,18,21). The van der Waals surface area contributed by atoms with E-state index >= 15 is 0 Å². The quantitative estimate of drug-likeness (QED) is 0.892. The summed E-state index contributed by atoms with van der Waals surface area (Å²) in [6, 6.07) is 3.62. The number of nitrogens with zero attached hydrogens (tertiary/aromatic N) is 2. The first-order valence-corrected chi connectivity index (χ1v) is 7.80. The molecule has 1 aromatic rings. The number of rotatable bonds is 3. The molecule has 114 valence electrons. The maximum atomic E-state index is 11.9. The minimum Gasteiger partial charge on any atom is -0.368 e. The number of hydrogen-bond donors (Lipinski definition) is 2. The molecule has 2 aliphatic heterocycles. The molecule has 0 radical (unpaired) electrons. The van der Waals surface area contributed by atoms with E-state index in [0.29, 0.717) is 0 Å². The number of nitrogens with one attached hydrogen (secondary N) is 2. The van der Waals surface area contributed by atoms with Crippen molar-refractivity contribution >= 4 is 28.9 Å². The monoisotopic (exact) mass is 308 g/mol. The van der Waals surface area contributed by atoms with Gasteiger partial charge in [-0.3, -0.25) is 4.79 Å². The molecule has 5 nitrogen and oxygen atoms in total. The van der Waals surface area contributed by atoms with Crippen molar-refractivity contribution < 1.29 is 4.79 Å². The zero-order chi connectivity index (χ0) is 15.0. The number of likely N-dealkylation sites (N-methyl/N-ethyl adjacent to an activating group) is 2. The van der Waals surface area contributed by atoms with Crippen LogP contribution in [0.3, 0.4) is 0 Å². The summed E-state index contributed by atoms with van der Waals surface area (Å²) in [6.45, 7) is 7.31. The third-order valence-corrected chi connectivity index (χ3v) is 4.70. The summed E-state index contributed by atoms with van der Waals surface area (Å²) in [5.41, 5.74) is 2.82. The van der Waals surface area contributed by atoms with Gasteiger partial charge >= 0.3 is 0 Å². The first-order chi connectivity index (χ1) is 10.1. The van der Waals surface area contributed by atoms with Crippen LogP contribution in [0.4, 0.5) is 11.4 Å². The third kappa shape index (κ3) is 2.61. The fraction of sp³-hybridized carbons (Fsp3) is 0.533. The van der Waals surface area contributed by atoms with E-state index in [-0.39, 0.29) is 11.9 Å². The molecule has 0 aliphatic carbocycles.